The first-order chi connectivity index (χ1) is 7.70. The Labute approximate surface area is 94.4 Å². The van der Waals surface area contributed by atoms with Gasteiger partial charge in [-0.15, -0.1) is 0 Å². The summed E-state index contributed by atoms with van der Waals surface area (Å²) in [6, 6.07) is 1.96. The van der Waals surface area contributed by atoms with Gasteiger partial charge in [-0.25, -0.2) is 15.0 Å². The molecule has 0 amide bonds. The fraction of sp³-hybridized carbons (Fsp3) is 0.364. The average molecular weight is 217 g/mol. The van der Waals surface area contributed by atoms with E-state index in [0.29, 0.717) is 17.6 Å². The van der Waals surface area contributed by atoms with Crippen molar-refractivity contribution in [2.45, 2.75) is 19.8 Å². The molecule has 2 aromatic heterocycles. The highest BCUT2D eigenvalue weighted by Crippen LogP contribution is 2.19. The fourth-order valence-corrected chi connectivity index (χ4v) is 1.38. The molecule has 0 aromatic carbocycles. The Kier molecular flexibility index (Phi) is 2.85. The molecule has 0 spiro atoms. The first-order valence-electron chi connectivity index (χ1n) is 5.27. The molecule has 0 unspecified atom stereocenters. The molecular formula is C11H15N5. The molecule has 0 saturated carbocycles. The van der Waals surface area contributed by atoms with Gasteiger partial charge in [0.25, 0.3) is 0 Å². The maximum absolute atomic E-state index is 4.48. The summed E-state index contributed by atoms with van der Waals surface area (Å²) in [5.41, 5.74) is 1.01. The monoisotopic (exact) mass is 217 g/mol. The number of anilines is 1. The number of nitrogens with one attached hydrogen (secondary N) is 2. The Hall–Kier alpha value is -1.91. The van der Waals surface area contributed by atoms with Crippen LogP contribution in [-0.2, 0) is 0 Å². The van der Waals surface area contributed by atoms with E-state index < -0.39 is 0 Å². The summed E-state index contributed by atoms with van der Waals surface area (Å²) in [5, 5.41) is 3.03. The van der Waals surface area contributed by atoms with Crippen LogP contribution in [0.5, 0.6) is 0 Å². The summed E-state index contributed by atoms with van der Waals surface area (Å²) < 4.78 is 0. The third kappa shape index (κ3) is 2.03. The topological polar surface area (TPSA) is 66.5 Å². The van der Waals surface area contributed by atoms with Crippen molar-refractivity contribution < 1.29 is 0 Å². The lowest BCUT2D eigenvalue weighted by Gasteiger charge is -2.08. The minimum Gasteiger partial charge on any atom is -0.373 e. The van der Waals surface area contributed by atoms with E-state index in [1.54, 1.807) is 12.4 Å². The molecule has 0 bridgehead atoms. The predicted molar refractivity (Wildman–Crippen MR) is 63.2 cm³/mol. The summed E-state index contributed by atoms with van der Waals surface area (Å²) in [6.45, 7) is 4.21. The number of hydrogen-bond donors (Lipinski definition) is 2. The van der Waals surface area contributed by atoms with Gasteiger partial charge in [-0.05, 0) is 5.92 Å². The van der Waals surface area contributed by atoms with Crippen LogP contribution in [0.25, 0.3) is 11.6 Å². The third-order valence-corrected chi connectivity index (χ3v) is 2.30. The van der Waals surface area contributed by atoms with Crippen LogP contribution < -0.4 is 5.32 Å². The van der Waals surface area contributed by atoms with Crippen molar-refractivity contribution in [1.29, 1.82) is 0 Å². The molecule has 0 saturated heterocycles. The van der Waals surface area contributed by atoms with E-state index in [4.69, 9.17) is 0 Å². The van der Waals surface area contributed by atoms with Gasteiger partial charge in [0.05, 0.1) is 0 Å². The Morgan fingerprint density at radius 1 is 1.31 bits per heavy atom. The minimum absolute atomic E-state index is 0.365. The van der Waals surface area contributed by atoms with Crippen LogP contribution in [0.4, 0.5) is 5.82 Å². The number of rotatable bonds is 3. The molecule has 0 aliphatic heterocycles. The number of imidazole rings is 1. The van der Waals surface area contributed by atoms with E-state index in [9.17, 15) is 0 Å². The highest BCUT2D eigenvalue weighted by molar-refractivity contribution is 5.49. The molecule has 84 valence electrons. The highest BCUT2D eigenvalue weighted by Gasteiger charge is 2.09. The number of aromatic amines is 1. The largest absolute Gasteiger partial charge is 0.373 e. The first kappa shape index (κ1) is 10.6. The van der Waals surface area contributed by atoms with E-state index in [1.807, 2.05) is 13.1 Å². The first-order valence-corrected chi connectivity index (χ1v) is 5.27. The Morgan fingerprint density at radius 3 is 2.69 bits per heavy atom. The van der Waals surface area contributed by atoms with Gasteiger partial charge in [-0.3, -0.25) is 0 Å². The van der Waals surface area contributed by atoms with Gasteiger partial charge < -0.3 is 10.3 Å². The molecule has 16 heavy (non-hydrogen) atoms. The second kappa shape index (κ2) is 4.30. The average Bonchev–Trinajstić information content (AvgIpc) is 2.81. The van der Waals surface area contributed by atoms with Crippen LogP contribution in [0.3, 0.4) is 0 Å². The lowest BCUT2D eigenvalue weighted by atomic mass is 10.1. The van der Waals surface area contributed by atoms with Gasteiger partial charge in [-0.1, -0.05) is 13.8 Å². The lowest BCUT2D eigenvalue weighted by molar-refractivity contribution is 0.816. The van der Waals surface area contributed by atoms with Gasteiger partial charge >= 0.3 is 0 Å². The molecule has 2 N–H and O–H groups in total. The molecule has 2 rings (SSSR count). The molecule has 5 heteroatoms. The van der Waals surface area contributed by atoms with E-state index >= 15 is 0 Å². The SMILES string of the molecule is CNc1cc(C(C)C)nc(-c2ncc[nH]2)n1. The molecule has 5 nitrogen and oxygen atoms in total. The number of H-pyrrole nitrogens is 1. The van der Waals surface area contributed by atoms with Crippen molar-refractivity contribution >= 4 is 5.82 Å². The fourth-order valence-electron chi connectivity index (χ4n) is 1.38. The summed E-state index contributed by atoms with van der Waals surface area (Å²) in [5.74, 6) is 2.49. The van der Waals surface area contributed by atoms with Gasteiger partial charge in [0.2, 0.25) is 0 Å². The van der Waals surface area contributed by atoms with Crippen LogP contribution in [0, 0.1) is 0 Å². The van der Waals surface area contributed by atoms with Crippen LogP contribution in [0.1, 0.15) is 25.5 Å². The molecule has 2 heterocycles. The molecule has 0 aliphatic carbocycles. The minimum atomic E-state index is 0.365. The van der Waals surface area contributed by atoms with Gasteiger partial charge in [0.1, 0.15) is 5.82 Å². The predicted octanol–water partition coefficient (Wildman–Crippen LogP) is 2.03. The van der Waals surface area contributed by atoms with Crippen molar-refractivity contribution in [2.75, 3.05) is 12.4 Å². The Balaban J connectivity index is 2.49. The van der Waals surface area contributed by atoms with E-state index in [0.717, 1.165) is 11.5 Å². The molecule has 0 atom stereocenters. The van der Waals surface area contributed by atoms with E-state index in [-0.39, 0.29) is 0 Å². The summed E-state index contributed by atoms with van der Waals surface area (Å²) in [6.07, 6.45) is 3.46. The van der Waals surface area contributed by atoms with Gasteiger partial charge in [0, 0.05) is 31.2 Å². The smallest absolute Gasteiger partial charge is 0.197 e. The molecule has 0 radical (unpaired) electrons. The standard InChI is InChI=1S/C11H15N5/c1-7(2)8-6-9(12-3)16-11(15-8)10-13-4-5-14-10/h4-7H,1-3H3,(H,13,14)(H,12,15,16). The van der Waals surface area contributed by atoms with Crippen LogP contribution in [0.15, 0.2) is 18.5 Å². The third-order valence-electron chi connectivity index (χ3n) is 2.30. The Morgan fingerprint density at radius 2 is 2.12 bits per heavy atom. The summed E-state index contributed by atoms with van der Waals surface area (Å²) in [7, 11) is 1.85. The quantitative estimate of drug-likeness (QED) is 0.825. The van der Waals surface area contributed by atoms with E-state index in [1.165, 1.54) is 0 Å². The number of aromatic nitrogens is 4. The number of nitrogens with zero attached hydrogens (tertiary/aromatic N) is 3. The van der Waals surface area contributed by atoms with Crippen LogP contribution in [-0.4, -0.2) is 27.0 Å². The van der Waals surface area contributed by atoms with Crippen LogP contribution >= 0.6 is 0 Å². The van der Waals surface area contributed by atoms with Crippen molar-refractivity contribution in [2.24, 2.45) is 0 Å². The zero-order valence-corrected chi connectivity index (χ0v) is 9.65. The van der Waals surface area contributed by atoms with Crippen molar-refractivity contribution in [1.82, 2.24) is 19.9 Å². The zero-order chi connectivity index (χ0) is 11.5. The second-order valence-electron chi connectivity index (χ2n) is 3.84. The van der Waals surface area contributed by atoms with Crippen molar-refractivity contribution in [3.8, 4) is 11.6 Å². The lowest BCUT2D eigenvalue weighted by Crippen LogP contribution is -2.02. The second-order valence-corrected chi connectivity index (χ2v) is 3.84. The maximum atomic E-state index is 4.48. The van der Waals surface area contributed by atoms with Gasteiger partial charge in [0.15, 0.2) is 11.6 Å². The number of hydrogen-bond acceptors (Lipinski definition) is 4. The van der Waals surface area contributed by atoms with Crippen molar-refractivity contribution in [3.63, 3.8) is 0 Å². The highest BCUT2D eigenvalue weighted by atomic mass is 15.1. The molecular weight excluding hydrogens is 202 g/mol. The zero-order valence-electron chi connectivity index (χ0n) is 9.65. The molecule has 0 aliphatic rings. The van der Waals surface area contributed by atoms with Gasteiger partial charge in [-0.2, -0.15) is 0 Å². The molecule has 0 fully saturated rings. The van der Waals surface area contributed by atoms with E-state index in [2.05, 4.69) is 39.1 Å². The Bertz CT molecular complexity index is 461. The molecule has 2 aromatic rings. The van der Waals surface area contributed by atoms with Crippen LogP contribution in [0.2, 0.25) is 0 Å². The van der Waals surface area contributed by atoms with Crippen molar-refractivity contribution in [3.05, 3.63) is 24.2 Å². The normalized spacial score (nSPS) is 10.8. The summed E-state index contributed by atoms with van der Waals surface area (Å²) >= 11 is 0. The summed E-state index contributed by atoms with van der Waals surface area (Å²) in [4.78, 5) is 16.0. The maximum Gasteiger partial charge on any atom is 0.197 e.